The number of nitrogens with zero attached hydrogens (tertiary/aromatic N) is 6. The van der Waals surface area contributed by atoms with Gasteiger partial charge in [0.25, 0.3) is 0 Å². The van der Waals surface area contributed by atoms with Gasteiger partial charge in [0.05, 0.1) is 18.1 Å². The molecule has 1 aromatic carbocycles. The minimum atomic E-state index is -0.637. The number of benzene rings is 1. The molecule has 4 aromatic rings. The van der Waals surface area contributed by atoms with E-state index in [2.05, 4.69) is 35.1 Å². The second-order valence-electron chi connectivity index (χ2n) is 8.70. The smallest absolute Gasteiger partial charge is 0.229 e. The predicted octanol–water partition coefficient (Wildman–Crippen LogP) is 4.39. The van der Waals surface area contributed by atoms with Gasteiger partial charge in [0.2, 0.25) is 5.95 Å². The van der Waals surface area contributed by atoms with E-state index in [1.165, 1.54) is 25.1 Å². The minimum Gasteiger partial charge on any atom is -0.368 e. The van der Waals surface area contributed by atoms with Crippen molar-refractivity contribution in [2.45, 2.75) is 18.9 Å². The lowest BCUT2D eigenvalue weighted by atomic mass is 10.1. The number of fused-ring (bicyclic) bond motifs is 1. The summed E-state index contributed by atoms with van der Waals surface area (Å²) >= 11 is 0. The number of hydrogen-bond acceptors (Lipinski definition) is 7. The molecule has 1 N–H and O–H groups in total. The van der Waals surface area contributed by atoms with Gasteiger partial charge in [0.1, 0.15) is 22.8 Å². The molecule has 0 bridgehead atoms. The molecule has 1 aliphatic carbocycles. The van der Waals surface area contributed by atoms with Crippen LogP contribution in [0.2, 0.25) is 0 Å². The Labute approximate surface area is 195 Å². The Hall–Kier alpha value is -3.72. The number of nitrogens with one attached hydrogen (secondary N) is 1. The van der Waals surface area contributed by atoms with Crippen molar-refractivity contribution in [2.24, 2.45) is 0 Å². The maximum Gasteiger partial charge on any atom is 0.229 e. The monoisotopic (exact) mass is 459 g/mol. The van der Waals surface area contributed by atoms with Crippen LogP contribution >= 0.6 is 0 Å². The molecule has 0 atom stereocenters. The van der Waals surface area contributed by atoms with Crippen molar-refractivity contribution < 1.29 is 8.78 Å². The number of hydrogen-bond donors (Lipinski definition) is 1. The zero-order valence-corrected chi connectivity index (χ0v) is 18.5. The molecule has 0 spiro atoms. The third kappa shape index (κ3) is 4.14. The summed E-state index contributed by atoms with van der Waals surface area (Å²) in [5.41, 5.74) is 1.63. The van der Waals surface area contributed by atoms with Gasteiger partial charge in [0.15, 0.2) is 5.82 Å². The van der Waals surface area contributed by atoms with E-state index in [4.69, 9.17) is 0 Å². The highest BCUT2D eigenvalue weighted by Gasteiger charge is 2.31. The van der Waals surface area contributed by atoms with Crippen molar-refractivity contribution in [1.82, 2.24) is 24.8 Å². The molecule has 1 saturated carbocycles. The van der Waals surface area contributed by atoms with Gasteiger partial charge in [-0.1, -0.05) is 6.07 Å². The molecule has 1 aliphatic heterocycles. The number of pyridine rings is 2. The molecule has 0 amide bonds. The van der Waals surface area contributed by atoms with Crippen LogP contribution in [0.25, 0.3) is 22.2 Å². The maximum atomic E-state index is 14.6. The van der Waals surface area contributed by atoms with E-state index in [1.807, 2.05) is 18.3 Å². The van der Waals surface area contributed by atoms with Crippen molar-refractivity contribution in [1.29, 1.82) is 0 Å². The predicted molar refractivity (Wildman–Crippen MR) is 127 cm³/mol. The molecule has 1 saturated heterocycles. The van der Waals surface area contributed by atoms with Gasteiger partial charge in [-0.15, -0.1) is 0 Å². The summed E-state index contributed by atoms with van der Waals surface area (Å²) in [7, 11) is 0. The Kier molecular flexibility index (Phi) is 5.26. The van der Waals surface area contributed by atoms with Gasteiger partial charge >= 0.3 is 0 Å². The molecule has 9 heteroatoms. The first kappa shape index (κ1) is 20.9. The third-order valence-corrected chi connectivity index (χ3v) is 6.41. The largest absolute Gasteiger partial charge is 0.368 e. The molecule has 3 aromatic heterocycles. The van der Waals surface area contributed by atoms with Gasteiger partial charge in [-0.2, -0.15) is 0 Å². The average molecular weight is 460 g/mol. The fraction of sp³-hybridized carbons (Fsp3) is 0.280. The van der Waals surface area contributed by atoms with Crippen molar-refractivity contribution in [2.75, 3.05) is 36.4 Å². The summed E-state index contributed by atoms with van der Waals surface area (Å²) in [6.07, 6.45) is 7.09. The first-order chi connectivity index (χ1) is 16.6. The molecule has 7 nitrogen and oxygen atoms in total. The Bertz CT molecular complexity index is 1330. The number of aromatic nitrogens is 4. The van der Waals surface area contributed by atoms with E-state index in [-0.39, 0.29) is 17.2 Å². The van der Waals surface area contributed by atoms with E-state index in [1.54, 1.807) is 18.2 Å². The van der Waals surface area contributed by atoms with E-state index < -0.39 is 11.6 Å². The summed E-state index contributed by atoms with van der Waals surface area (Å²) < 4.78 is 29.1. The fourth-order valence-corrected chi connectivity index (χ4v) is 4.46. The average Bonchev–Trinajstić information content (AvgIpc) is 3.72. The second kappa shape index (κ2) is 8.57. The Morgan fingerprint density at radius 3 is 2.50 bits per heavy atom. The molecular formula is C25H23F2N7. The third-order valence-electron chi connectivity index (χ3n) is 6.41. The van der Waals surface area contributed by atoms with Crippen LogP contribution < -0.4 is 10.2 Å². The molecule has 0 unspecified atom stereocenters. The summed E-state index contributed by atoms with van der Waals surface area (Å²) in [6.45, 7) is 4.16. The molecule has 2 aliphatic rings. The number of rotatable bonds is 5. The minimum absolute atomic E-state index is 0.00677. The van der Waals surface area contributed by atoms with Crippen LogP contribution in [-0.2, 0) is 0 Å². The molecule has 6 rings (SSSR count). The first-order valence-electron chi connectivity index (χ1n) is 11.4. The molecule has 34 heavy (non-hydrogen) atoms. The Balaban J connectivity index is 1.19. The van der Waals surface area contributed by atoms with Crippen molar-refractivity contribution in [3.8, 4) is 11.3 Å². The second-order valence-corrected chi connectivity index (χ2v) is 8.70. The maximum absolute atomic E-state index is 14.6. The lowest BCUT2D eigenvalue weighted by Gasteiger charge is -2.36. The van der Waals surface area contributed by atoms with E-state index in [0.29, 0.717) is 16.8 Å². The van der Waals surface area contributed by atoms with Gasteiger partial charge in [-0.3, -0.25) is 9.88 Å². The standard InChI is InChI=1S/C25H23F2N7/c26-20-13-17(12-16-2-1-7-28-23(16)20)24-21(27)15-30-25(32-24)31-22-6-5-19(14-29-22)34-10-8-33(9-11-34)18-3-4-18/h1-2,5-7,12-15,18H,3-4,8-11H2,(H,29,30,31,32). The highest BCUT2D eigenvalue weighted by Crippen LogP contribution is 2.29. The van der Waals surface area contributed by atoms with Crippen LogP contribution in [-0.4, -0.2) is 57.1 Å². The lowest BCUT2D eigenvalue weighted by Crippen LogP contribution is -2.47. The van der Waals surface area contributed by atoms with Crippen LogP contribution in [0.3, 0.4) is 0 Å². The number of piperazine rings is 1. The van der Waals surface area contributed by atoms with Gasteiger partial charge in [0, 0.05) is 49.4 Å². The normalized spacial score (nSPS) is 16.7. The van der Waals surface area contributed by atoms with Crippen LogP contribution in [0, 0.1) is 11.6 Å². The fourth-order valence-electron chi connectivity index (χ4n) is 4.46. The number of halogens is 2. The van der Waals surface area contributed by atoms with Crippen LogP contribution in [0.4, 0.5) is 26.2 Å². The Morgan fingerprint density at radius 1 is 0.882 bits per heavy atom. The number of anilines is 3. The van der Waals surface area contributed by atoms with Gasteiger partial charge in [-0.05, 0) is 43.2 Å². The van der Waals surface area contributed by atoms with Crippen LogP contribution in [0.1, 0.15) is 12.8 Å². The van der Waals surface area contributed by atoms with Crippen LogP contribution in [0.15, 0.2) is 55.0 Å². The lowest BCUT2D eigenvalue weighted by molar-refractivity contribution is 0.248. The van der Waals surface area contributed by atoms with Gasteiger partial charge in [-0.25, -0.2) is 23.7 Å². The van der Waals surface area contributed by atoms with E-state index in [9.17, 15) is 8.78 Å². The SMILES string of the molecule is Fc1cnc(Nc2ccc(N3CCN(C4CC4)CC3)cn2)nc1-c1cc(F)c2ncccc2c1. The molecule has 2 fully saturated rings. The van der Waals surface area contributed by atoms with Crippen molar-refractivity contribution >= 4 is 28.4 Å². The van der Waals surface area contributed by atoms with E-state index >= 15 is 0 Å². The summed E-state index contributed by atoms with van der Waals surface area (Å²) in [4.78, 5) is 21.8. The molecule has 4 heterocycles. The van der Waals surface area contributed by atoms with Crippen molar-refractivity contribution in [3.05, 3.63) is 66.6 Å². The van der Waals surface area contributed by atoms with Gasteiger partial charge < -0.3 is 10.2 Å². The van der Waals surface area contributed by atoms with E-state index in [0.717, 1.165) is 44.1 Å². The van der Waals surface area contributed by atoms with Crippen molar-refractivity contribution in [3.63, 3.8) is 0 Å². The quantitative estimate of drug-likeness (QED) is 0.475. The molecule has 0 radical (unpaired) electrons. The highest BCUT2D eigenvalue weighted by atomic mass is 19.1. The first-order valence-corrected chi connectivity index (χ1v) is 11.4. The molecular weight excluding hydrogens is 436 g/mol. The Morgan fingerprint density at radius 2 is 1.74 bits per heavy atom. The molecule has 172 valence electrons. The summed E-state index contributed by atoms with van der Waals surface area (Å²) in [5, 5.41) is 3.59. The zero-order valence-electron chi connectivity index (χ0n) is 18.5. The highest BCUT2D eigenvalue weighted by molar-refractivity contribution is 5.84. The summed E-state index contributed by atoms with van der Waals surface area (Å²) in [5.74, 6) is -0.439. The summed E-state index contributed by atoms with van der Waals surface area (Å²) in [6, 6.07) is 11.0. The van der Waals surface area contributed by atoms with Crippen LogP contribution in [0.5, 0.6) is 0 Å². The topological polar surface area (TPSA) is 70.1 Å². The zero-order chi connectivity index (χ0) is 23.1.